The Kier molecular flexibility index (Phi) is 25.6. The number of nitrogens with zero attached hydrogens (tertiary/aromatic N) is 1. The summed E-state index contributed by atoms with van der Waals surface area (Å²) in [7, 11) is 1.79. The molecule has 0 aromatic heterocycles. The number of hydrogen-bond acceptors (Lipinski definition) is 2. The van der Waals surface area contributed by atoms with Gasteiger partial charge in [0.25, 0.3) is 0 Å². The van der Waals surface area contributed by atoms with Crippen LogP contribution >= 0.6 is 0 Å². The van der Waals surface area contributed by atoms with Crippen molar-refractivity contribution >= 4 is 5.84 Å². The van der Waals surface area contributed by atoms with Crippen LogP contribution in [0.25, 0.3) is 0 Å². The molecule has 3 heteroatoms. The summed E-state index contributed by atoms with van der Waals surface area (Å²) < 4.78 is 0. The molecule has 0 atom stereocenters. The molecule has 33 heavy (non-hydrogen) atoms. The highest BCUT2D eigenvalue weighted by molar-refractivity contribution is 5.84. The first-order valence-corrected chi connectivity index (χ1v) is 12.2. The van der Waals surface area contributed by atoms with E-state index in [4.69, 9.17) is 5.73 Å². The van der Waals surface area contributed by atoms with E-state index < -0.39 is 0 Å². The lowest BCUT2D eigenvalue weighted by atomic mass is 10.1. The molecule has 0 aromatic rings. The van der Waals surface area contributed by atoms with Gasteiger partial charge in [-0.2, -0.15) is 0 Å². The molecule has 3 N–H and O–H groups in total. The lowest BCUT2D eigenvalue weighted by molar-refractivity contribution is 0.763. The van der Waals surface area contributed by atoms with E-state index in [2.05, 4.69) is 67.7 Å². The standard InChI is InChI=1S/C26H39N3.2C2H6/c1-9-22(4)23(5)17-15-20(2)13-14-21(3)16-18-24(6)25(7)29-26(28-8)12-10-11-19-27;2*1-2/h9,15-18H,7,10-12,19,27H2,1-6,8H3,(H,28,29);2*1-2H3/b20-15+,21-16+,22-9+,23-17+,24-18+;;. The average molecular weight is 454 g/mol. The maximum atomic E-state index is 5.55. The number of unbranched alkanes of at least 4 members (excludes halogenated alkanes) is 1. The van der Waals surface area contributed by atoms with Crippen LogP contribution in [0.5, 0.6) is 0 Å². The summed E-state index contributed by atoms with van der Waals surface area (Å²) in [5.41, 5.74) is 12.0. The predicted molar refractivity (Wildman–Crippen MR) is 153 cm³/mol. The second-order valence-electron chi connectivity index (χ2n) is 7.14. The molecule has 0 spiro atoms. The molecule has 0 aromatic carbocycles. The maximum Gasteiger partial charge on any atom is 0.100 e. The van der Waals surface area contributed by atoms with Gasteiger partial charge in [-0.15, -0.1) is 0 Å². The molecule has 186 valence electrons. The fraction of sp³-hybridized carbons (Fsp3) is 0.500. The number of rotatable bonds is 9. The summed E-state index contributed by atoms with van der Waals surface area (Å²) in [5.74, 6) is 7.34. The highest BCUT2D eigenvalue weighted by Crippen LogP contribution is 2.09. The van der Waals surface area contributed by atoms with E-state index in [0.29, 0.717) is 6.54 Å². The molecule has 0 aliphatic carbocycles. The number of nitrogens with one attached hydrogen (secondary N) is 1. The second-order valence-corrected chi connectivity index (χ2v) is 7.14. The van der Waals surface area contributed by atoms with Crippen LogP contribution < -0.4 is 11.1 Å². The van der Waals surface area contributed by atoms with Gasteiger partial charge in [0.1, 0.15) is 5.84 Å². The lowest BCUT2D eigenvalue weighted by Gasteiger charge is -2.12. The molecule has 0 rings (SSSR count). The quantitative estimate of drug-likeness (QED) is 0.122. The van der Waals surface area contributed by atoms with Crippen LogP contribution in [0.15, 0.2) is 75.5 Å². The van der Waals surface area contributed by atoms with Crippen LogP contribution in [-0.2, 0) is 0 Å². The zero-order valence-corrected chi connectivity index (χ0v) is 23.4. The van der Waals surface area contributed by atoms with Gasteiger partial charge in [0, 0.05) is 19.2 Å². The number of hydrogen-bond donors (Lipinski definition) is 2. The van der Waals surface area contributed by atoms with Gasteiger partial charge in [-0.25, -0.2) is 0 Å². The average Bonchev–Trinajstić information content (AvgIpc) is 2.85. The summed E-state index contributed by atoms with van der Waals surface area (Å²) in [4.78, 5) is 4.30. The third-order valence-corrected chi connectivity index (χ3v) is 4.59. The van der Waals surface area contributed by atoms with E-state index in [-0.39, 0.29) is 0 Å². The SMILES string of the molecule is C=C(NC(CCCCN)=NC)/C(C)=C/C=C(\C)C#C/C(C)=C/C=C(C)/C(C)=C/C.CC.CC. The largest absolute Gasteiger partial charge is 0.344 e. The Morgan fingerprint density at radius 3 is 1.73 bits per heavy atom. The minimum Gasteiger partial charge on any atom is -0.344 e. The normalized spacial score (nSPS) is 13.1. The van der Waals surface area contributed by atoms with Crippen LogP contribution in [0.1, 0.15) is 88.5 Å². The van der Waals surface area contributed by atoms with Crippen LogP contribution in [0, 0.1) is 11.8 Å². The van der Waals surface area contributed by atoms with Crippen LogP contribution in [-0.4, -0.2) is 19.4 Å². The minimum absolute atomic E-state index is 0.710. The molecular formula is C30H51N3. The number of allylic oxidation sites excluding steroid dienone is 10. The van der Waals surface area contributed by atoms with Gasteiger partial charge < -0.3 is 11.1 Å². The molecular weight excluding hydrogens is 402 g/mol. The first kappa shape index (κ1) is 35.0. The smallest absolute Gasteiger partial charge is 0.100 e. The van der Waals surface area contributed by atoms with Gasteiger partial charge in [0.15, 0.2) is 0 Å². The van der Waals surface area contributed by atoms with Crippen molar-refractivity contribution in [1.29, 1.82) is 0 Å². The molecule has 0 bridgehead atoms. The lowest BCUT2D eigenvalue weighted by Crippen LogP contribution is -2.23. The number of nitrogens with two attached hydrogens (primary N) is 1. The topological polar surface area (TPSA) is 50.4 Å². The maximum absolute atomic E-state index is 5.55. The Hall–Kier alpha value is -2.57. The molecule has 0 saturated carbocycles. The number of amidine groups is 1. The molecule has 0 fully saturated rings. The van der Waals surface area contributed by atoms with E-state index >= 15 is 0 Å². The Labute approximate surface area is 206 Å². The molecule has 0 saturated heterocycles. The first-order valence-electron chi connectivity index (χ1n) is 12.2. The fourth-order valence-corrected chi connectivity index (χ4v) is 2.18. The highest BCUT2D eigenvalue weighted by atomic mass is 15.0. The molecule has 0 unspecified atom stereocenters. The summed E-state index contributed by atoms with van der Waals surface area (Å²) in [5, 5.41) is 3.30. The van der Waals surface area contributed by atoms with Crippen molar-refractivity contribution in [3.05, 3.63) is 70.5 Å². The van der Waals surface area contributed by atoms with E-state index in [1.54, 1.807) is 7.05 Å². The zero-order chi connectivity index (χ0) is 26.2. The molecule has 3 nitrogen and oxygen atoms in total. The van der Waals surface area contributed by atoms with Gasteiger partial charge in [-0.05, 0) is 83.2 Å². The van der Waals surface area contributed by atoms with Crippen molar-refractivity contribution in [3.8, 4) is 11.8 Å². The summed E-state index contributed by atoms with van der Waals surface area (Å²) in [6.07, 6.45) is 13.2. The third-order valence-electron chi connectivity index (χ3n) is 4.59. The molecule has 0 aliphatic heterocycles. The van der Waals surface area contributed by atoms with Crippen LogP contribution in [0.3, 0.4) is 0 Å². The Bertz CT molecular complexity index is 788. The van der Waals surface area contributed by atoms with E-state index in [0.717, 1.165) is 47.5 Å². The van der Waals surface area contributed by atoms with E-state index in [1.807, 2.05) is 60.6 Å². The summed E-state index contributed by atoms with van der Waals surface area (Å²) >= 11 is 0. The van der Waals surface area contributed by atoms with Crippen LogP contribution in [0.4, 0.5) is 0 Å². The molecule has 0 aliphatic rings. The van der Waals surface area contributed by atoms with Crippen molar-refractivity contribution in [2.45, 2.75) is 88.5 Å². The van der Waals surface area contributed by atoms with Crippen molar-refractivity contribution in [3.63, 3.8) is 0 Å². The Morgan fingerprint density at radius 2 is 1.30 bits per heavy atom. The number of aliphatic imine (C=N–C) groups is 1. The van der Waals surface area contributed by atoms with Gasteiger partial charge in [-0.1, -0.05) is 82.1 Å². The highest BCUT2D eigenvalue weighted by Gasteiger charge is 2.01. The molecule has 0 radical (unpaired) electrons. The minimum atomic E-state index is 0.710. The molecule has 0 amide bonds. The summed E-state index contributed by atoms with van der Waals surface area (Å²) in [6, 6.07) is 0. The summed E-state index contributed by atoms with van der Waals surface area (Å²) in [6.45, 7) is 25.2. The van der Waals surface area contributed by atoms with Crippen molar-refractivity contribution in [1.82, 2.24) is 5.32 Å². The monoisotopic (exact) mass is 453 g/mol. The Balaban J connectivity index is -0.00000212. The van der Waals surface area contributed by atoms with Crippen molar-refractivity contribution < 1.29 is 0 Å². The Morgan fingerprint density at radius 1 is 0.818 bits per heavy atom. The zero-order valence-electron chi connectivity index (χ0n) is 23.4. The fourth-order valence-electron chi connectivity index (χ4n) is 2.18. The van der Waals surface area contributed by atoms with E-state index in [9.17, 15) is 0 Å². The van der Waals surface area contributed by atoms with Gasteiger partial charge in [0.2, 0.25) is 0 Å². The third kappa shape index (κ3) is 19.8. The van der Waals surface area contributed by atoms with Gasteiger partial charge in [-0.3, -0.25) is 4.99 Å². The van der Waals surface area contributed by atoms with Gasteiger partial charge in [0.05, 0.1) is 0 Å². The van der Waals surface area contributed by atoms with Crippen molar-refractivity contribution in [2.24, 2.45) is 10.7 Å². The molecule has 0 heterocycles. The predicted octanol–water partition coefficient (Wildman–Crippen LogP) is 8.05. The van der Waals surface area contributed by atoms with Gasteiger partial charge >= 0.3 is 0 Å². The van der Waals surface area contributed by atoms with E-state index in [1.165, 1.54) is 11.1 Å². The first-order chi connectivity index (χ1) is 15.7. The van der Waals surface area contributed by atoms with Crippen LogP contribution in [0.2, 0.25) is 0 Å². The van der Waals surface area contributed by atoms with Crippen molar-refractivity contribution in [2.75, 3.05) is 13.6 Å². The second kappa shape index (κ2) is 24.1.